The highest BCUT2D eigenvalue weighted by Gasteiger charge is 2.28. The quantitative estimate of drug-likeness (QED) is 0.614. The highest BCUT2D eigenvalue weighted by molar-refractivity contribution is 8.00. The molecule has 0 saturated carbocycles. The number of alkyl halides is 1. The largest absolute Gasteiger partial charge is 0.315 e. The highest BCUT2D eigenvalue weighted by Crippen LogP contribution is 2.45. The van der Waals surface area contributed by atoms with Crippen molar-refractivity contribution < 1.29 is 0 Å². The van der Waals surface area contributed by atoms with Crippen LogP contribution in [0.3, 0.4) is 0 Å². The smallest absolute Gasteiger partial charge is 0.134 e. The van der Waals surface area contributed by atoms with E-state index in [0.717, 1.165) is 18.5 Å². The van der Waals surface area contributed by atoms with Gasteiger partial charge in [0.05, 0.1) is 11.1 Å². The minimum absolute atomic E-state index is 0. The van der Waals surface area contributed by atoms with Crippen molar-refractivity contribution in [2.45, 2.75) is 42.5 Å². The molecule has 0 aliphatic carbocycles. The number of para-hydroxylation sites is 1. The molecule has 5 heteroatoms. The molecule has 2 aromatic carbocycles. The Morgan fingerprint density at radius 2 is 1.71 bits per heavy atom. The fourth-order valence-electron chi connectivity index (χ4n) is 3.16. The molecule has 2 N–H and O–H groups in total. The second-order valence-electron chi connectivity index (χ2n) is 5.92. The van der Waals surface area contributed by atoms with Crippen LogP contribution >= 0.6 is 35.8 Å². The second kappa shape index (κ2) is 8.48. The predicted molar refractivity (Wildman–Crippen MR) is 109 cm³/mol. The summed E-state index contributed by atoms with van der Waals surface area (Å²) in [4.78, 5) is 3.42. The van der Waals surface area contributed by atoms with Crippen LogP contribution in [0.15, 0.2) is 53.4 Å². The molecule has 24 heavy (non-hydrogen) atoms. The molecular formula is C19H24Cl2N2S. The van der Waals surface area contributed by atoms with Crippen LogP contribution < -0.4 is 10.6 Å². The number of benzene rings is 2. The van der Waals surface area contributed by atoms with E-state index in [0.29, 0.717) is 5.92 Å². The fraction of sp³-hybridized carbons (Fsp3) is 0.368. The van der Waals surface area contributed by atoms with E-state index in [1.54, 1.807) is 11.8 Å². The molecule has 2 aromatic rings. The molecule has 0 saturated heterocycles. The summed E-state index contributed by atoms with van der Waals surface area (Å²) in [6.45, 7) is 4.41. The number of nitrogens with zero attached hydrogens (tertiary/aromatic N) is 1. The van der Waals surface area contributed by atoms with Crippen LogP contribution in [0.25, 0.3) is 0 Å². The molecule has 1 aliphatic rings. The molecule has 1 aliphatic heterocycles. The third kappa shape index (κ3) is 3.70. The van der Waals surface area contributed by atoms with Crippen molar-refractivity contribution >= 4 is 47.1 Å². The van der Waals surface area contributed by atoms with Crippen molar-refractivity contribution in [1.29, 1.82) is 0 Å². The fourth-order valence-corrected chi connectivity index (χ4v) is 4.70. The van der Waals surface area contributed by atoms with Crippen molar-refractivity contribution in [1.82, 2.24) is 0 Å². The lowest BCUT2D eigenvalue weighted by molar-refractivity contribution is 0.476. The molecule has 0 bridgehead atoms. The van der Waals surface area contributed by atoms with Gasteiger partial charge in [-0.1, -0.05) is 62.7 Å². The first-order chi connectivity index (χ1) is 11.2. The monoisotopic (exact) mass is 382 g/mol. The van der Waals surface area contributed by atoms with Gasteiger partial charge < -0.3 is 10.6 Å². The number of rotatable bonds is 5. The molecule has 0 aromatic heterocycles. The molecule has 0 amide bonds. The summed E-state index contributed by atoms with van der Waals surface area (Å²) in [7, 11) is 0. The van der Waals surface area contributed by atoms with E-state index >= 15 is 0 Å². The molecule has 0 radical (unpaired) electrons. The third-order valence-corrected chi connectivity index (χ3v) is 6.24. The standard InChI is InChI=1S/C19H23ClN2S.ClH/c1-3-13(4-2)18(20)14-9-11-15(12-10-14)22-16-7-5-6-8-17(16)23-19(22)21;/h5-13,18-19H,3-4,21H2,1-2H3;1H. The van der Waals surface area contributed by atoms with Crippen LogP contribution in [-0.4, -0.2) is 5.50 Å². The first-order valence-electron chi connectivity index (χ1n) is 8.20. The SMILES string of the molecule is CCC(CC)C(Cl)c1ccc(N2c3ccccc3SC2N)cc1.Cl. The Kier molecular flexibility index (Phi) is 6.88. The lowest BCUT2D eigenvalue weighted by atomic mass is 9.94. The Labute approximate surface area is 160 Å². The van der Waals surface area contributed by atoms with Crippen LogP contribution in [-0.2, 0) is 0 Å². The van der Waals surface area contributed by atoms with Gasteiger partial charge in [0.2, 0.25) is 0 Å². The van der Waals surface area contributed by atoms with Crippen molar-refractivity contribution in [2.24, 2.45) is 11.7 Å². The number of thioether (sulfide) groups is 1. The maximum absolute atomic E-state index is 6.65. The van der Waals surface area contributed by atoms with Gasteiger partial charge in [-0.25, -0.2) is 0 Å². The van der Waals surface area contributed by atoms with E-state index in [4.69, 9.17) is 17.3 Å². The van der Waals surface area contributed by atoms with Gasteiger partial charge in [-0.2, -0.15) is 0 Å². The molecule has 1 heterocycles. The van der Waals surface area contributed by atoms with Crippen LogP contribution in [0.5, 0.6) is 0 Å². The average molecular weight is 383 g/mol. The second-order valence-corrected chi connectivity index (χ2v) is 7.54. The van der Waals surface area contributed by atoms with Gasteiger partial charge in [0, 0.05) is 10.6 Å². The summed E-state index contributed by atoms with van der Waals surface area (Å²) in [5.74, 6) is 0.521. The maximum atomic E-state index is 6.65. The number of hydrogen-bond donors (Lipinski definition) is 1. The van der Waals surface area contributed by atoms with Gasteiger partial charge in [0.25, 0.3) is 0 Å². The average Bonchev–Trinajstić information content (AvgIpc) is 2.91. The van der Waals surface area contributed by atoms with E-state index in [-0.39, 0.29) is 23.3 Å². The lowest BCUT2D eigenvalue weighted by Crippen LogP contribution is -2.31. The van der Waals surface area contributed by atoms with E-state index in [1.165, 1.54) is 16.1 Å². The number of anilines is 2. The Hall–Kier alpha value is -0.870. The summed E-state index contributed by atoms with van der Waals surface area (Å²) in [5, 5.41) is 0.0768. The van der Waals surface area contributed by atoms with Gasteiger partial charge in [-0.05, 0) is 35.7 Å². The normalized spacial score (nSPS) is 17.5. The molecule has 2 atom stereocenters. The van der Waals surface area contributed by atoms with Crippen molar-refractivity contribution in [3.63, 3.8) is 0 Å². The topological polar surface area (TPSA) is 29.3 Å². The number of nitrogens with two attached hydrogens (primary N) is 1. The minimum Gasteiger partial charge on any atom is -0.315 e. The van der Waals surface area contributed by atoms with E-state index in [2.05, 4.69) is 67.3 Å². The van der Waals surface area contributed by atoms with Crippen LogP contribution in [0, 0.1) is 5.92 Å². The van der Waals surface area contributed by atoms with Crippen LogP contribution in [0.1, 0.15) is 37.6 Å². The molecule has 0 fully saturated rings. The van der Waals surface area contributed by atoms with Crippen molar-refractivity contribution in [3.05, 3.63) is 54.1 Å². The van der Waals surface area contributed by atoms with E-state index in [9.17, 15) is 0 Å². The summed E-state index contributed by atoms with van der Waals surface area (Å²) >= 11 is 8.35. The number of halogens is 2. The van der Waals surface area contributed by atoms with Gasteiger partial charge in [0.1, 0.15) is 5.50 Å². The Morgan fingerprint density at radius 3 is 2.33 bits per heavy atom. The predicted octanol–water partition coefficient (Wildman–Crippen LogP) is 6.31. The summed E-state index contributed by atoms with van der Waals surface area (Å²) < 4.78 is 0. The van der Waals surface area contributed by atoms with E-state index in [1.807, 2.05) is 0 Å². The maximum Gasteiger partial charge on any atom is 0.134 e. The van der Waals surface area contributed by atoms with Crippen LogP contribution in [0.2, 0.25) is 0 Å². The van der Waals surface area contributed by atoms with Crippen LogP contribution in [0.4, 0.5) is 11.4 Å². The Bertz CT molecular complexity index is 659. The Morgan fingerprint density at radius 1 is 1.08 bits per heavy atom. The molecule has 3 rings (SSSR count). The molecule has 0 spiro atoms. The minimum atomic E-state index is -0.0796. The molecule has 130 valence electrons. The highest BCUT2D eigenvalue weighted by atomic mass is 35.5. The molecule has 2 nitrogen and oxygen atoms in total. The van der Waals surface area contributed by atoms with E-state index < -0.39 is 0 Å². The number of hydrogen-bond acceptors (Lipinski definition) is 3. The Balaban J connectivity index is 0.00000208. The van der Waals surface area contributed by atoms with Gasteiger partial charge in [0.15, 0.2) is 0 Å². The summed E-state index contributed by atoms with van der Waals surface area (Å²) in [6.07, 6.45) is 2.21. The third-order valence-electron chi connectivity index (χ3n) is 4.58. The zero-order valence-electron chi connectivity index (χ0n) is 14.0. The van der Waals surface area contributed by atoms with Crippen molar-refractivity contribution in [3.8, 4) is 0 Å². The van der Waals surface area contributed by atoms with Gasteiger partial charge >= 0.3 is 0 Å². The summed E-state index contributed by atoms with van der Waals surface area (Å²) in [6, 6.07) is 16.9. The number of fused-ring (bicyclic) bond motifs is 1. The van der Waals surface area contributed by atoms with Gasteiger partial charge in [-0.15, -0.1) is 24.0 Å². The first kappa shape index (κ1) is 19.5. The molecule has 2 unspecified atom stereocenters. The summed E-state index contributed by atoms with van der Waals surface area (Å²) in [5.41, 5.74) is 9.72. The van der Waals surface area contributed by atoms with Gasteiger partial charge in [-0.3, -0.25) is 0 Å². The zero-order valence-corrected chi connectivity index (χ0v) is 16.4. The first-order valence-corrected chi connectivity index (χ1v) is 9.51. The van der Waals surface area contributed by atoms with Crippen molar-refractivity contribution in [2.75, 3.05) is 4.90 Å². The lowest BCUT2D eigenvalue weighted by Gasteiger charge is -2.25. The molecular weight excluding hydrogens is 359 g/mol. The zero-order chi connectivity index (χ0) is 16.4.